The minimum atomic E-state index is -3.68. The molecule has 1 N–H and O–H groups in total. The number of aryl methyl sites for hydroxylation is 1. The molecule has 0 fully saturated rings. The molecule has 0 radical (unpaired) electrons. The number of benzene rings is 1. The van der Waals surface area contributed by atoms with Gasteiger partial charge in [0.2, 0.25) is 10.0 Å². The molecule has 0 saturated heterocycles. The summed E-state index contributed by atoms with van der Waals surface area (Å²) in [4.78, 5) is 12.5. The van der Waals surface area contributed by atoms with E-state index in [0.29, 0.717) is 18.8 Å². The van der Waals surface area contributed by atoms with Crippen LogP contribution < -0.4 is 10.1 Å². The monoisotopic (exact) mass is 401 g/mol. The number of amides is 1. The number of carbonyl (C=O) groups is 1. The molecule has 10 heteroatoms. The SMILES string of the molecule is CCN(CC)S(=O)(=O)c1cc(C(=O)Nc2ccc(OC(F)F)cc2)n(C)c1. The Kier molecular flexibility index (Phi) is 6.55. The standard InChI is InChI=1S/C17H21F2N3O4S/c1-4-22(5-2)27(24,25)14-10-15(21(3)11-14)16(23)20-12-6-8-13(9-7-12)26-17(18)19/h6-11,17H,4-5H2,1-3H3,(H,20,23). The summed E-state index contributed by atoms with van der Waals surface area (Å²) in [6, 6.07) is 6.71. The maximum Gasteiger partial charge on any atom is 0.387 e. The Morgan fingerprint density at radius 2 is 1.81 bits per heavy atom. The Labute approximate surface area is 156 Å². The molecule has 1 aromatic carbocycles. The molecule has 0 aliphatic heterocycles. The number of sulfonamides is 1. The molecule has 0 aliphatic rings. The number of nitrogens with zero attached hydrogens (tertiary/aromatic N) is 2. The summed E-state index contributed by atoms with van der Waals surface area (Å²) in [7, 11) is -2.12. The lowest BCUT2D eigenvalue weighted by Gasteiger charge is -2.17. The van der Waals surface area contributed by atoms with E-state index in [-0.39, 0.29) is 16.3 Å². The van der Waals surface area contributed by atoms with Crippen molar-refractivity contribution < 1.29 is 26.7 Å². The molecule has 27 heavy (non-hydrogen) atoms. The second-order valence-corrected chi connectivity index (χ2v) is 7.56. The van der Waals surface area contributed by atoms with Crippen LogP contribution in [0.4, 0.5) is 14.5 Å². The lowest BCUT2D eigenvalue weighted by Crippen LogP contribution is -2.30. The summed E-state index contributed by atoms with van der Waals surface area (Å²) in [6.07, 6.45) is 1.38. The van der Waals surface area contributed by atoms with Crippen LogP contribution in [0.25, 0.3) is 0 Å². The average Bonchev–Trinajstić information content (AvgIpc) is 3.00. The van der Waals surface area contributed by atoms with Gasteiger partial charge in [-0.1, -0.05) is 13.8 Å². The highest BCUT2D eigenvalue weighted by Crippen LogP contribution is 2.21. The summed E-state index contributed by atoms with van der Waals surface area (Å²) in [5.74, 6) is -0.560. The number of hydrogen-bond donors (Lipinski definition) is 1. The second kappa shape index (κ2) is 8.49. The van der Waals surface area contributed by atoms with E-state index >= 15 is 0 Å². The van der Waals surface area contributed by atoms with Crippen molar-refractivity contribution in [3.8, 4) is 5.75 Å². The number of ether oxygens (including phenoxy) is 1. The van der Waals surface area contributed by atoms with E-state index in [2.05, 4.69) is 10.1 Å². The molecule has 0 saturated carbocycles. The van der Waals surface area contributed by atoms with E-state index < -0.39 is 22.5 Å². The van der Waals surface area contributed by atoms with Crippen molar-refractivity contribution in [3.05, 3.63) is 42.2 Å². The number of nitrogens with one attached hydrogen (secondary N) is 1. The summed E-state index contributed by atoms with van der Waals surface area (Å²) >= 11 is 0. The topological polar surface area (TPSA) is 80.6 Å². The Morgan fingerprint density at radius 3 is 2.33 bits per heavy atom. The Balaban J connectivity index is 2.19. The van der Waals surface area contributed by atoms with Crippen LogP contribution in [0.1, 0.15) is 24.3 Å². The molecule has 2 rings (SSSR count). The van der Waals surface area contributed by atoms with E-state index in [1.165, 1.54) is 45.4 Å². The Morgan fingerprint density at radius 1 is 1.22 bits per heavy atom. The summed E-state index contributed by atoms with van der Waals surface area (Å²) in [5.41, 5.74) is 0.504. The lowest BCUT2D eigenvalue weighted by atomic mass is 10.3. The van der Waals surface area contributed by atoms with E-state index in [4.69, 9.17) is 0 Å². The van der Waals surface area contributed by atoms with Gasteiger partial charge in [0.05, 0.1) is 0 Å². The second-order valence-electron chi connectivity index (χ2n) is 5.62. The maximum absolute atomic E-state index is 12.6. The smallest absolute Gasteiger partial charge is 0.387 e. The largest absolute Gasteiger partial charge is 0.435 e. The van der Waals surface area contributed by atoms with Gasteiger partial charge < -0.3 is 14.6 Å². The van der Waals surface area contributed by atoms with Crippen LogP contribution in [0, 0.1) is 0 Å². The van der Waals surface area contributed by atoms with Gasteiger partial charge in [0, 0.05) is 32.0 Å². The first kappa shape index (κ1) is 20.8. The maximum atomic E-state index is 12.6. The van der Waals surface area contributed by atoms with E-state index in [1.807, 2.05) is 0 Å². The predicted octanol–water partition coefficient (Wildman–Crippen LogP) is 2.91. The fourth-order valence-corrected chi connectivity index (χ4v) is 4.06. The Bertz CT molecular complexity index is 891. The zero-order valence-electron chi connectivity index (χ0n) is 15.1. The number of hydrogen-bond acceptors (Lipinski definition) is 4. The van der Waals surface area contributed by atoms with Gasteiger partial charge in [-0.25, -0.2) is 8.42 Å². The van der Waals surface area contributed by atoms with Crippen molar-refractivity contribution in [3.63, 3.8) is 0 Å². The highest BCUT2D eigenvalue weighted by Gasteiger charge is 2.25. The molecule has 0 bridgehead atoms. The normalized spacial score (nSPS) is 11.8. The molecule has 1 aromatic heterocycles. The van der Waals surface area contributed by atoms with Crippen molar-refractivity contribution in [2.45, 2.75) is 25.4 Å². The van der Waals surface area contributed by atoms with Gasteiger partial charge in [-0.05, 0) is 30.3 Å². The minimum absolute atomic E-state index is 0.0273. The van der Waals surface area contributed by atoms with Crippen LogP contribution >= 0.6 is 0 Å². The zero-order valence-corrected chi connectivity index (χ0v) is 16.0. The third-order valence-corrected chi connectivity index (χ3v) is 5.91. The molecule has 0 atom stereocenters. The molecule has 0 unspecified atom stereocenters. The van der Waals surface area contributed by atoms with Gasteiger partial charge in [0.15, 0.2) is 0 Å². The van der Waals surface area contributed by atoms with Crippen molar-refractivity contribution in [1.29, 1.82) is 0 Å². The predicted molar refractivity (Wildman–Crippen MR) is 96.5 cm³/mol. The molecule has 2 aromatic rings. The lowest BCUT2D eigenvalue weighted by molar-refractivity contribution is -0.0498. The van der Waals surface area contributed by atoms with Crippen molar-refractivity contribution in [2.24, 2.45) is 7.05 Å². The summed E-state index contributed by atoms with van der Waals surface area (Å²) in [5, 5.41) is 2.59. The van der Waals surface area contributed by atoms with Crippen molar-refractivity contribution in [1.82, 2.24) is 8.87 Å². The first-order valence-corrected chi connectivity index (χ1v) is 9.65. The van der Waals surface area contributed by atoms with Crippen LogP contribution in [0.2, 0.25) is 0 Å². The first-order chi connectivity index (χ1) is 12.7. The third-order valence-electron chi connectivity index (χ3n) is 3.89. The number of rotatable bonds is 8. The highest BCUT2D eigenvalue weighted by molar-refractivity contribution is 7.89. The van der Waals surface area contributed by atoms with Gasteiger partial charge in [0.1, 0.15) is 16.3 Å². The third kappa shape index (κ3) is 4.83. The number of alkyl halides is 2. The fourth-order valence-electron chi connectivity index (χ4n) is 2.53. The van der Waals surface area contributed by atoms with Crippen LogP contribution in [-0.4, -0.2) is 42.9 Å². The van der Waals surface area contributed by atoms with E-state index in [9.17, 15) is 22.0 Å². The molecular weight excluding hydrogens is 380 g/mol. The highest BCUT2D eigenvalue weighted by atomic mass is 32.2. The molecule has 7 nitrogen and oxygen atoms in total. The van der Waals surface area contributed by atoms with Crippen molar-refractivity contribution >= 4 is 21.6 Å². The molecule has 0 spiro atoms. The minimum Gasteiger partial charge on any atom is -0.435 e. The van der Waals surface area contributed by atoms with Gasteiger partial charge in [-0.2, -0.15) is 13.1 Å². The van der Waals surface area contributed by atoms with Crippen LogP contribution in [0.3, 0.4) is 0 Å². The first-order valence-electron chi connectivity index (χ1n) is 8.21. The molecule has 148 valence electrons. The zero-order chi connectivity index (χ0) is 20.2. The van der Waals surface area contributed by atoms with Crippen LogP contribution in [-0.2, 0) is 17.1 Å². The molecule has 1 amide bonds. The molecule has 1 heterocycles. The van der Waals surface area contributed by atoms with Gasteiger partial charge in [-0.3, -0.25) is 4.79 Å². The van der Waals surface area contributed by atoms with Crippen LogP contribution in [0.15, 0.2) is 41.4 Å². The van der Waals surface area contributed by atoms with Crippen LogP contribution in [0.5, 0.6) is 5.75 Å². The summed E-state index contributed by atoms with van der Waals surface area (Å²) < 4.78 is 56.4. The van der Waals surface area contributed by atoms with E-state index in [1.54, 1.807) is 20.9 Å². The van der Waals surface area contributed by atoms with Gasteiger partial charge in [0.25, 0.3) is 5.91 Å². The number of aromatic nitrogens is 1. The summed E-state index contributed by atoms with van der Waals surface area (Å²) in [6.45, 7) is 1.18. The fraction of sp³-hybridized carbons (Fsp3) is 0.353. The molecular formula is C17H21F2N3O4S. The van der Waals surface area contributed by atoms with E-state index in [0.717, 1.165) is 0 Å². The van der Waals surface area contributed by atoms with Gasteiger partial charge >= 0.3 is 6.61 Å². The molecule has 0 aliphatic carbocycles. The quantitative estimate of drug-likeness (QED) is 0.738. The Hall–Kier alpha value is -2.46. The number of anilines is 1. The number of carbonyl (C=O) groups excluding carboxylic acids is 1. The number of halogens is 2. The van der Waals surface area contributed by atoms with Crippen molar-refractivity contribution in [2.75, 3.05) is 18.4 Å². The van der Waals surface area contributed by atoms with Gasteiger partial charge in [-0.15, -0.1) is 0 Å². The average molecular weight is 401 g/mol.